The Labute approximate surface area is 193 Å². The van der Waals surface area contributed by atoms with Gasteiger partial charge in [0.15, 0.2) is 10.9 Å². The first-order valence-electron chi connectivity index (χ1n) is 10.6. The Morgan fingerprint density at radius 3 is 2.61 bits per heavy atom. The third-order valence-corrected chi connectivity index (χ3v) is 6.84. The lowest BCUT2D eigenvalue weighted by Gasteiger charge is -2.32. The largest absolute Gasteiger partial charge is 0.343 e. The molecule has 9 heteroatoms. The molecule has 0 radical (unpaired) electrons. The molecule has 0 saturated heterocycles. The van der Waals surface area contributed by atoms with Crippen LogP contribution in [0.5, 0.6) is 0 Å². The molecule has 2 aliphatic rings. The number of benzene rings is 2. The zero-order chi connectivity index (χ0) is 22.9. The number of para-hydroxylation sites is 1. The first kappa shape index (κ1) is 21.1. The third kappa shape index (κ3) is 3.95. The van der Waals surface area contributed by atoms with E-state index < -0.39 is 16.4 Å². The molecule has 5 rings (SSSR count). The van der Waals surface area contributed by atoms with Gasteiger partial charge in [0, 0.05) is 35.1 Å². The number of aromatic amines is 1. The van der Waals surface area contributed by atoms with Crippen LogP contribution in [0.4, 0.5) is 11.5 Å². The van der Waals surface area contributed by atoms with E-state index in [2.05, 4.69) is 15.3 Å². The van der Waals surface area contributed by atoms with Gasteiger partial charge in [-0.15, -0.1) is 0 Å². The molecule has 0 amide bonds. The fraction of sp³-hybridized carbons (Fsp3) is 0.208. The third-order valence-electron chi connectivity index (χ3n) is 5.90. The van der Waals surface area contributed by atoms with Gasteiger partial charge in [0.2, 0.25) is 0 Å². The van der Waals surface area contributed by atoms with E-state index in [9.17, 15) is 19.7 Å². The van der Waals surface area contributed by atoms with E-state index in [0.717, 1.165) is 5.56 Å². The van der Waals surface area contributed by atoms with Crippen LogP contribution in [0, 0.1) is 10.1 Å². The highest BCUT2D eigenvalue weighted by Gasteiger charge is 2.40. The van der Waals surface area contributed by atoms with Gasteiger partial charge in [0.25, 0.3) is 11.2 Å². The van der Waals surface area contributed by atoms with E-state index in [1.54, 1.807) is 18.2 Å². The standard InChI is InChI=1S/C24H20N4O4S/c29-18-12-6-10-16-20(18)19(15-9-4-5-11-17(15)28(31)32)21-22(25-16)26-24(27-23(21)30)33-13-14-7-2-1-3-8-14/h1-5,7-9,11,19H,6,10,12-13H2,(H2,25,26,27,30)/t19-/m1/s1. The number of nitro benzene ring substituents is 1. The zero-order valence-corrected chi connectivity index (χ0v) is 18.4. The van der Waals surface area contributed by atoms with Crippen LogP contribution in [0.3, 0.4) is 0 Å². The summed E-state index contributed by atoms with van der Waals surface area (Å²) >= 11 is 1.40. The Kier molecular flexibility index (Phi) is 5.55. The smallest absolute Gasteiger partial charge is 0.273 e. The summed E-state index contributed by atoms with van der Waals surface area (Å²) in [6.45, 7) is 0. The maximum Gasteiger partial charge on any atom is 0.273 e. The summed E-state index contributed by atoms with van der Waals surface area (Å²) in [5.74, 6) is 0.0447. The highest BCUT2D eigenvalue weighted by atomic mass is 32.2. The molecule has 1 aromatic heterocycles. The fourth-order valence-corrected chi connectivity index (χ4v) is 5.26. The summed E-state index contributed by atoms with van der Waals surface area (Å²) in [7, 11) is 0. The van der Waals surface area contributed by atoms with Crippen LogP contribution < -0.4 is 10.9 Å². The molecule has 1 aliphatic heterocycles. The van der Waals surface area contributed by atoms with Gasteiger partial charge in [-0.1, -0.05) is 60.3 Å². The second-order valence-electron chi connectivity index (χ2n) is 7.95. The lowest BCUT2D eigenvalue weighted by Crippen LogP contribution is -2.33. The van der Waals surface area contributed by atoms with Crippen molar-refractivity contribution < 1.29 is 9.72 Å². The quantitative estimate of drug-likeness (QED) is 0.248. The summed E-state index contributed by atoms with van der Waals surface area (Å²) in [5.41, 5.74) is 2.25. The number of aromatic nitrogens is 2. The molecular formula is C24H20N4O4S. The van der Waals surface area contributed by atoms with Crippen molar-refractivity contribution in [2.45, 2.75) is 36.1 Å². The molecule has 2 heterocycles. The lowest BCUT2D eigenvalue weighted by molar-refractivity contribution is -0.385. The van der Waals surface area contributed by atoms with E-state index in [-0.39, 0.29) is 17.0 Å². The molecule has 0 spiro atoms. The number of hydrogen-bond donors (Lipinski definition) is 2. The number of anilines is 1. The minimum Gasteiger partial charge on any atom is -0.343 e. The number of carbonyl (C=O) groups is 1. The second kappa shape index (κ2) is 8.67. The van der Waals surface area contributed by atoms with Gasteiger partial charge in [-0.25, -0.2) is 4.98 Å². The van der Waals surface area contributed by atoms with Crippen LogP contribution in [0.1, 0.15) is 41.9 Å². The average Bonchev–Trinajstić information content (AvgIpc) is 2.82. The number of ketones is 1. The van der Waals surface area contributed by atoms with Gasteiger partial charge in [-0.2, -0.15) is 0 Å². The molecule has 33 heavy (non-hydrogen) atoms. The number of carbonyl (C=O) groups excluding carboxylic acids is 1. The van der Waals surface area contributed by atoms with E-state index in [1.807, 2.05) is 30.3 Å². The van der Waals surface area contributed by atoms with Crippen LogP contribution in [0.2, 0.25) is 0 Å². The molecule has 0 fully saturated rings. The van der Waals surface area contributed by atoms with Gasteiger partial charge >= 0.3 is 0 Å². The minimum absolute atomic E-state index is 0.0977. The highest BCUT2D eigenvalue weighted by molar-refractivity contribution is 7.98. The van der Waals surface area contributed by atoms with Crippen molar-refractivity contribution in [1.82, 2.24) is 9.97 Å². The van der Waals surface area contributed by atoms with Gasteiger partial charge in [-0.05, 0) is 18.4 Å². The second-order valence-corrected chi connectivity index (χ2v) is 8.91. The number of H-pyrrole nitrogens is 1. The molecule has 0 bridgehead atoms. The maximum atomic E-state index is 13.3. The van der Waals surface area contributed by atoms with Crippen molar-refractivity contribution in [3.63, 3.8) is 0 Å². The Morgan fingerprint density at radius 1 is 1.06 bits per heavy atom. The van der Waals surface area contributed by atoms with Crippen molar-refractivity contribution in [3.8, 4) is 0 Å². The molecule has 2 N–H and O–H groups in total. The van der Waals surface area contributed by atoms with E-state index >= 15 is 0 Å². The van der Waals surface area contributed by atoms with E-state index in [4.69, 9.17) is 0 Å². The topological polar surface area (TPSA) is 118 Å². The lowest BCUT2D eigenvalue weighted by atomic mass is 9.76. The molecule has 8 nitrogen and oxygen atoms in total. The number of thioether (sulfide) groups is 1. The van der Waals surface area contributed by atoms with E-state index in [1.165, 1.54) is 17.8 Å². The molecule has 166 valence electrons. The molecule has 2 aromatic carbocycles. The first-order chi connectivity index (χ1) is 16.0. The number of nitro groups is 1. The summed E-state index contributed by atoms with van der Waals surface area (Å²) in [5, 5.41) is 15.4. The van der Waals surface area contributed by atoms with Crippen LogP contribution in [-0.2, 0) is 10.5 Å². The number of nitrogens with zero attached hydrogens (tertiary/aromatic N) is 2. The molecule has 1 aliphatic carbocycles. The molecule has 0 unspecified atom stereocenters. The SMILES string of the molecule is O=C1CCCC2=C1[C@@H](c1ccccc1[N+](=O)[O-])c1c(nc(SCc3ccccc3)[nH]c1=O)N2. The molecule has 3 aromatic rings. The summed E-state index contributed by atoms with van der Waals surface area (Å²) < 4.78 is 0. The number of rotatable bonds is 5. The molecule has 0 saturated carbocycles. The maximum absolute atomic E-state index is 13.3. The summed E-state index contributed by atoms with van der Waals surface area (Å²) in [6.07, 6.45) is 1.66. The van der Waals surface area contributed by atoms with Crippen LogP contribution in [0.15, 0.2) is 75.8 Å². The predicted octanol–water partition coefficient (Wildman–Crippen LogP) is 4.53. The van der Waals surface area contributed by atoms with E-state index in [0.29, 0.717) is 52.8 Å². The van der Waals surface area contributed by atoms with Crippen molar-refractivity contribution in [2.24, 2.45) is 0 Å². The van der Waals surface area contributed by atoms with Crippen molar-refractivity contribution in [1.29, 1.82) is 0 Å². The van der Waals surface area contributed by atoms with Crippen molar-refractivity contribution in [2.75, 3.05) is 5.32 Å². The van der Waals surface area contributed by atoms with Crippen molar-refractivity contribution in [3.05, 3.63) is 103 Å². The zero-order valence-electron chi connectivity index (χ0n) is 17.5. The van der Waals surface area contributed by atoms with Crippen molar-refractivity contribution >= 4 is 29.1 Å². The Hall–Kier alpha value is -3.72. The van der Waals surface area contributed by atoms with Gasteiger partial charge < -0.3 is 10.3 Å². The van der Waals surface area contributed by atoms with Crippen LogP contribution in [0.25, 0.3) is 0 Å². The Bertz CT molecular complexity index is 1350. The van der Waals surface area contributed by atoms with Gasteiger partial charge in [-0.3, -0.25) is 19.7 Å². The number of Topliss-reactive ketones (excluding diaryl/α,β-unsaturated/α-hetero) is 1. The summed E-state index contributed by atoms with van der Waals surface area (Å²) in [4.78, 5) is 45.0. The normalized spacial score (nSPS) is 17.2. The number of hydrogen-bond acceptors (Lipinski definition) is 7. The van der Waals surface area contributed by atoms with Crippen LogP contribution in [-0.4, -0.2) is 20.7 Å². The number of fused-ring (bicyclic) bond motifs is 1. The Morgan fingerprint density at radius 2 is 1.82 bits per heavy atom. The fourth-order valence-electron chi connectivity index (χ4n) is 4.44. The number of nitrogens with one attached hydrogen (secondary N) is 2. The highest BCUT2D eigenvalue weighted by Crippen LogP contribution is 2.45. The monoisotopic (exact) mass is 460 g/mol. The average molecular weight is 461 g/mol. The van der Waals surface area contributed by atoms with Crippen LogP contribution >= 0.6 is 11.8 Å². The Balaban J connectivity index is 1.62. The predicted molar refractivity (Wildman–Crippen MR) is 125 cm³/mol. The first-order valence-corrected chi connectivity index (χ1v) is 11.6. The molecule has 1 atom stereocenters. The van der Waals surface area contributed by atoms with Gasteiger partial charge in [0.05, 0.1) is 16.4 Å². The minimum atomic E-state index is -0.838. The molecular weight excluding hydrogens is 440 g/mol. The number of allylic oxidation sites excluding steroid dienone is 2. The summed E-state index contributed by atoms with van der Waals surface area (Å²) in [6, 6.07) is 16.1. The van der Waals surface area contributed by atoms with Gasteiger partial charge in [0.1, 0.15) is 5.82 Å².